The fraction of sp³-hybridized carbons (Fsp3) is 0.100. The van der Waals surface area contributed by atoms with Crippen LogP contribution in [0.4, 0.5) is 4.79 Å². The molecule has 6 nitrogen and oxygen atoms in total. The highest BCUT2D eigenvalue weighted by Crippen LogP contribution is 1.97. The molecule has 7 heteroatoms. The fourth-order valence-electron chi connectivity index (χ4n) is 0.956. The number of halogens is 1. The van der Waals surface area contributed by atoms with Crippen molar-refractivity contribution in [3.8, 4) is 0 Å². The second-order valence-electron chi connectivity index (χ2n) is 2.96. The third kappa shape index (κ3) is 4.52. The lowest BCUT2D eigenvalue weighted by Crippen LogP contribution is -2.49. The lowest BCUT2D eigenvalue weighted by atomic mass is 10.2. The number of hydrazine groups is 1. The number of nitrogens with one attached hydrogen (secondary N) is 3. The molecule has 4 amide bonds. The molecule has 0 aliphatic heterocycles. The maximum Gasteiger partial charge on any atom is 0.340 e. The second-order valence-corrected chi connectivity index (χ2v) is 3.22. The fourth-order valence-corrected chi connectivity index (χ4v) is 1.02. The summed E-state index contributed by atoms with van der Waals surface area (Å²) in [6, 6.07) is 7.36. The lowest BCUT2D eigenvalue weighted by molar-refractivity contribution is -0.119. The van der Waals surface area contributed by atoms with Crippen molar-refractivity contribution < 1.29 is 14.4 Å². The summed E-state index contributed by atoms with van der Waals surface area (Å²) in [4.78, 5) is 33.3. The molecule has 1 aromatic carbocycles. The van der Waals surface area contributed by atoms with Gasteiger partial charge in [-0.05, 0) is 12.1 Å². The van der Waals surface area contributed by atoms with E-state index in [1.54, 1.807) is 30.3 Å². The minimum absolute atomic E-state index is 0.285. The van der Waals surface area contributed by atoms with Crippen molar-refractivity contribution in [3.63, 3.8) is 0 Å². The van der Waals surface area contributed by atoms with Gasteiger partial charge in [0.2, 0.25) is 0 Å². The number of benzene rings is 1. The maximum atomic E-state index is 11.5. The van der Waals surface area contributed by atoms with E-state index in [1.807, 2.05) is 16.2 Å². The van der Waals surface area contributed by atoms with Crippen LogP contribution in [0.2, 0.25) is 0 Å². The van der Waals surface area contributed by atoms with Gasteiger partial charge in [-0.2, -0.15) is 0 Å². The summed E-state index contributed by atoms with van der Waals surface area (Å²) in [5, 5.41) is 2.03. The van der Waals surface area contributed by atoms with E-state index < -0.39 is 17.8 Å². The van der Waals surface area contributed by atoms with Crippen molar-refractivity contribution in [1.29, 1.82) is 0 Å². The number of rotatable bonds is 2. The van der Waals surface area contributed by atoms with Gasteiger partial charge in [-0.25, -0.2) is 10.2 Å². The van der Waals surface area contributed by atoms with Gasteiger partial charge in [-0.15, -0.1) is 11.6 Å². The lowest BCUT2D eigenvalue weighted by Gasteiger charge is -2.06. The summed E-state index contributed by atoms with van der Waals surface area (Å²) in [6.45, 7) is 0. The number of urea groups is 1. The van der Waals surface area contributed by atoms with Crippen molar-refractivity contribution in [2.45, 2.75) is 0 Å². The first-order chi connectivity index (χ1) is 8.13. The summed E-state index contributed by atoms with van der Waals surface area (Å²) < 4.78 is 0. The molecule has 1 rings (SSSR count). The van der Waals surface area contributed by atoms with Gasteiger partial charge in [0.15, 0.2) is 0 Å². The molecule has 0 spiro atoms. The Hall–Kier alpha value is -2.08. The Balaban J connectivity index is 2.42. The van der Waals surface area contributed by atoms with Crippen LogP contribution in [-0.4, -0.2) is 23.7 Å². The molecule has 0 radical (unpaired) electrons. The van der Waals surface area contributed by atoms with E-state index in [0.717, 1.165) is 0 Å². The van der Waals surface area contributed by atoms with Crippen molar-refractivity contribution in [1.82, 2.24) is 16.2 Å². The molecular weight excluding hydrogens is 246 g/mol. The van der Waals surface area contributed by atoms with Crippen LogP contribution in [0, 0.1) is 0 Å². The molecule has 0 heterocycles. The number of hydrogen-bond donors (Lipinski definition) is 3. The molecular formula is C10H10ClN3O3. The number of alkyl halides is 1. The van der Waals surface area contributed by atoms with E-state index >= 15 is 0 Å². The van der Waals surface area contributed by atoms with E-state index in [9.17, 15) is 14.4 Å². The van der Waals surface area contributed by atoms with E-state index in [1.165, 1.54) is 0 Å². The van der Waals surface area contributed by atoms with Gasteiger partial charge < -0.3 is 0 Å². The molecule has 0 aliphatic carbocycles. The van der Waals surface area contributed by atoms with Gasteiger partial charge in [0.1, 0.15) is 5.88 Å². The van der Waals surface area contributed by atoms with Crippen LogP contribution in [0.15, 0.2) is 30.3 Å². The van der Waals surface area contributed by atoms with Gasteiger partial charge in [0.05, 0.1) is 0 Å². The highest BCUT2D eigenvalue weighted by atomic mass is 35.5. The first kappa shape index (κ1) is 13.0. The van der Waals surface area contributed by atoms with Gasteiger partial charge in [-0.3, -0.25) is 20.3 Å². The van der Waals surface area contributed by atoms with Gasteiger partial charge in [-0.1, -0.05) is 18.2 Å². The normalized spacial score (nSPS) is 9.24. The third-order valence-corrected chi connectivity index (χ3v) is 1.94. The van der Waals surface area contributed by atoms with Crippen LogP contribution in [0.5, 0.6) is 0 Å². The van der Waals surface area contributed by atoms with Crippen molar-refractivity contribution >= 4 is 29.4 Å². The molecule has 0 unspecified atom stereocenters. The summed E-state index contributed by atoms with van der Waals surface area (Å²) in [5.74, 6) is -1.43. The summed E-state index contributed by atoms with van der Waals surface area (Å²) in [5.41, 5.74) is 4.32. The van der Waals surface area contributed by atoms with E-state index in [0.29, 0.717) is 5.56 Å². The smallest absolute Gasteiger partial charge is 0.273 e. The molecule has 0 atom stereocenters. The average molecular weight is 256 g/mol. The maximum absolute atomic E-state index is 11.5. The quantitative estimate of drug-likeness (QED) is 0.528. The van der Waals surface area contributed by atoms with Crippen molar-refractivity contribution in [2.75, 3.05) is 5.88 Å². The Kier molecular flexibility index (Phi) is 4.96. The number of amides is 4. The van der Waals surface area contributed by atoms with E-state index in [-0.39, 0.29) is 5.88 Å². The molecule has 1 aromatic rings. The molecule has 0 fully saturated rings. The predicted octanol–water partition coefficient (Wildman–Crippen LogP) is 0.396. The number of carbonyl (C=O) groups excluding carboxylic acids is 3. The highest BCUT2D eigenvalue weighted by Gasteiger charge is 2.09. The molecule has 0 saturated heterocycles. The standard InChI is InChI=1S/C10H10ClN3O3/c11-6-8(15)13-14-10(17)12-9(16)7-4-2-1-3-5-7/h1-5H,6H2,(H,13,15)(H2,12,14,16,17). The molecule has 90 valence electrons. The third-order valence-electron chi connectivity index (χ3n) is 1.70. The Morgan fingerprint density at radius 3 is 2.29 bits per heavy atom. The molecule has 17 heavy (non-hydrogen) atoms. The topological polar surface area (TPSA) is 87.3 Å². The highest BCUT2D eigenvalue weighted by molar-refractivity contribution is 6.27. The minimum Gasteiger partial charge on any atom is -0.273 e. The van der Waals surface area contributed by atoms with Crippen LogP contribution in [0.25, 0.3) is 0 Å². The van der Waals surface area contributed by atoms with E-state index in [2.05, 4.69) is 0 Å². The van der Waals surface area contributed by atoms with Gasteiger partial charge >= 0.3 is 6.03 Å². The summed E-state index contributed by atoms with van der Waals surface area (Å²) >= 11 is 5.19. The van der Waals surface area contributed by atoms with Crippen LogP contribution < -0.4 is 16.2 Å². The Bertz CT molecular complexity index is 422. The summed E-state index contributed by atoms with van der Waals surface area (Å²) in [7, 11) is 0. The van der Waals surface area contributed by atoms with Crippen LogP contribution >= 0.6 is 11.6 Å². The zero-order valence-electron chi connectivity index (χ0n) is 8.70. The average Bonchev–Trinajstić information content (AvgIpc) is 2.36. The van der Waals surface area contributed by atoms with Gasteiger partial charge in [0, 0.05) is 5.56 Å². The molecule has 0 aliphatic rings. The van der Waals surface area contributed by atoms with Crippen molar-refractivity contribution in [2.24, 2.45) is 0 Å². The predicted molar refractivity (Wildman–Crippen MR) is 61.3 cm³/mol. The minimum atomic E-state index is -0.836. The van der Waals surface area contributed by atoms with E-state index in [4.69, 9.17) is 11.6 Å². The molecule has 0 saturated carbocycles. The van der Waals surface area contributed by atoms with Crippen molar-refractivity contribution in [3.05, 3.63) is 35.9 Å². The Labute approximate surface area is 102 Å². The molecule has 0 aromatic heterocycles. The monoisotopic (exact) mass is 255 g/mol. The number of imide groups is 1. The Morgan fingerprint density at radius 1 is 1.06 bits per heavy atom. The molecule has 0 bridgehead atoms. The first-order valence-corrected chi connectivity index (χ1v) is 5.18. The van der Waals surface area contributed by atoms with Crippen LogP contribution in [0.1, 0.15) is 10.4 Å². The second kappa shape index (κ2) is 6.49. The van der Waals surface area contributed by atoms with Crippen LogP contribution in [0.3, 0.4) is 0 Å². The Morgan fingerprint density at radius 2 is 1.71 bits per heavy atom. The summed E-state index contributed by atoms with van der Waals surface area (Å²) in [6.07, 6.45) is 0. The number of carbonyl (C=O) groups is 3. The molecule has 3 N–H and O–H groups in total. The van der Waals surface area contributed by atoms with Gasteiger partial charge in [0.25, 0.3) is 11.8 Å². The zero-order chi connectivity index (χ0) is 12.7. The largest absolute Gasteiger partial charge is 0.340 e. The first-order valence-electron chi connectivity index (χ1n) is 4.64. The van der Waals surface area contributed by atoms with Crippen LogP contribution in [-0.2, 0) is 4.79 Å². The zero-order valence-corrected chi connectivity index (χ0v) is 9.45. The SMILES string of the molecule is O=C(CCl)NNC(=O)NC(=O)c1ccccc1. The number of hydrogen-bond acceptors (Lipinski definition) is 3.